The van der Waals surface area contributed by atoms with Gasteiger partial charge in [-0.2, -0.15) is 4.72 Å². The van der Waals surface area contributed by atoms with E-state index in [1.807, 2.05) is 4.72 Å². The van der Waals surface area contributed by atoms with Crippen LogP contribution in [0.2, 0.25) is 0 Å². The van der Waals surface area contributed by atoms with Crippen molar-refractivity contribution in [2.45, 2.75) is 6.23 Å². The zero-order chi connectivity index (χ0) is 6.91. The van der Waals surface area contributed by atoms with Gasteiger partial charge in [0.05, 0.1) is 6.61 Å². The summed E-state index contributed by atoms with van der Waals surface area (Å²) in [5.74, 6) is 0. The van der Waals surface area contributed by atoms with E-state index in [1.54, 1.807) is 0 Å². The summed E-state index contributed by atoms with van der Waals surface area (Å²) in [4.78, 5) is 0. The average molecular weight is 155 g/mol. The van der Waals surface area contributed by atoms with Gasteiger partial charge in [-0.15, -0.1) is 0 Å². The number of halogens is 1. The summed E-state index contributed by atoms with van der Waals surface area (Å²) in [6, 6.07) is -1.38. The van der Waals surface area contributed by atoms with Crippen LogP contribution in [-0.4, -0.2) is 27.3 Å². The Morgan fingerprint density at radius 1 is 1.78 bits per heavy atom. The fraction of sp³-hybridized carbons (Fsp3) is 1.00. The van der Waals surface area contributed by atoms with E-state index in [9.17, 15) is 12.8 Å². The predicted octanol–water partition coefficient (Wildman–Crippen LogP) is -0.811. The number of epoxide rings is 1. The Morgan fingerprint density at radius 2 is 2.33 bits per heavy atom. The third-order valence-corrected chi connectivity index (χ3v) is 1.70. The summed E-state index contributed by atoms with van der Waals surface area (Å²) < 4.78 is 38.5. The molecule has 1 unspecified atom stereocenters. The molecule has 4 nitrogen and oxygen atoms in total. The number of rotatable bonds is 3. The normalized spacial score (nSPS) is 26.1. The minimum Gasteiger partial charge on any atom is -0.356 e. The van der Waals surface area contributed by atoms with Crippen LogP contribution in [-0.2, 0) is 14.8 Å². The minimum atomic E-state index is -3.70. The quantitative estimate of drug-likeness (QED) is 0.542. The van der Waals surface area contributed by atoms with E-state index in [4.69, 9.17) is 0 Å². The third kappa shape index (κ3) is 2.25. The maximum absolute atomic E-state index is 11.5. The van der Waals surface area contributed by atoms with Crippen LogP contribution in [0.15, 0.2) is 0 Å². The zero-order valence-electron chi connectivity index (χ0n) is 4.50. The summed E-state index contributed by atoms with van der Waals surface area (Å²) >= 11 is 0. The lowest BCUT2D eigenvalue weighted by Crippen LogP contribution is -2.27. The van der Waals surface area contributed by atoms with Gasteiger partial charge in [0.2, 0.25) is 16.0 Å². The zero-order valence-corrected chi connectivity index (χ0v) is 5.32. The van der Waals surface area contributed by atoms with Crippen molar-refractivity contribution >= 4 is 10.0 Å². The van der Waals surface area contributed by atoms with Crippen LogP contribution in [0.5, 0.6) is 0 Å². The smallest absolute Gasteiger partial charge is 0.243 e. The predicted molar refractivity (Wildman–Crippen MR) is 27.8 cm³/mol. The van der Waals surface area contributed by atoms with Gasteiger partial charge >= 0.3 is 0 Å². The number of hydrogen-bond donors (Lipinski definition) is 1. The summed E-state index contributed by atoms with van der Waals surface area (Å²) in [6.45, 7) is 0.346. The Labute approximate surface area is 52.1 Å². The molecule has 0 amide bonds. The molecule has 1 N–H and O–H groups in total. The molecule has 0 aromatic rings. The largest absolute Gasteiger partial charge is 0.356 e. The number of ether oxygens (including phenoxy) is 1. The van der Waals surface area contributed by atoms with Gasteiger partial charge in [0, 0.05) is 0 Å². The lowest BCUT2D eigenvalue weighted by Gasteiger charge is -1.94. The van der Waals surface area contributed by atoms with Crippen molar-refractivity contribution in [3.05, 3.63) is 0 Å². The van der Waals surface area contributed by atoms with Gasteiger partial charge in [0.15, 0.2) is 0 Å². The van der Waals surface area contributed by atoms with Crippen molar-refractivity contribution < 1.29 is 17.5 Å². The first kappa shape index (κ1) is 6.91. The van der Waals surface area contributed by atoms with E-state index in [0.29, 0.717) is 6.61 Å². The monoisotopic (exact) mass is 155 g/mol. The fourth-order valence-electron chi connectivity index (χ4n) is 0.348. The van der Waals surface area contributed by atoms with E-state index < -0.39 is 22.3 Å². The van der Waals surface area contributed by atoms with Crippen molar-refractivity contribution in [1.29, 1.82) is 0 Å². The van der Waals surface area contributed by atoms with Crippen molar-refractivity contribution in [2.24, 2.45) is 0 Å². The molecule has 1 heterocycles. The second-order valence-electron chi connectivity index (χ2n) is 1.66. The van der Waals surface area contributed by atoms with Gasteiger partial charge in [-0.3, -0.25) is 0 Å². The van der Waals surface area contributed by atoms with Gasteiger partial charge in [-0.1, -0.05) is 0 Å². The van der Waals surface area contributed by atoms with Gasteiger partial charge in [-0.05, 0) is 0 Å². The van der Waals surface area contributed by atoms with E-state index >= 15 is 0 Å². The molecule has 1 saturated heterocycles. The molecule has 0 aromatic heterocycles. The summed E-state index contributed by atoms with van der Waals surface area (Å²) in [5.41, 5.74) is 0. The van der Waals surface area contributed by atoms with E-state index in [1.165, 1.54) is 0 Å². The van der Waals surface area contributed by atoms with Crippen molar-refractivity contribution in [3.8, 4) is 0 Å². The highest BCUT2D eigenvalue weighted by atomic mass is 32.2. The molecule has 1 fully saturated rings. The maximum atomic E-state index is 11.5. The van der Waals surface area contributed by atoms with Crippen LogP contribution in [0.25, 0.3) is 0 Å². The van der Waals surface area contributed by atoms with Crippen LogP contribution in [0.1, 0.15) is 0 Å². The van der Waals surface area contributed by atoms with E-state index in [0.717, 1.165) is 0 Å². The molecule has 1 aliphatic rings. The Kier molecular flexibility index (Phi) is 1.69. The molecule has 0 bridgehead atoms. The Bertz CT molecular complexity index is 185. The summed E-state index contributed by atoms with van der Waals surface area (Å²) in [5, 5.41) is 0. The van der Waals surface area contributed by atoms with Crippen LogP contribution in [0, 0.1) is 0 Å². The van der Waals surface area contributed by atoms with Crippen LogP contribution in [0.4, 0.5) is 4.39 Å². The summed E-state index contributed by atoms with van der Waals surface area (Å²) in [7, 11) is -3.70. The van der Waals surface area contributed by atoms with Gasteiger partial charge in [0.1, 0.15) is 6.23 Å². The molecular weight excluding hydrogens is 149 g/mol. The molecule has 54 valence electrons. The van der Waals surface area contributed by atoms with Crippen molar-refractivity contribution in [1.82, 2.24) is 4.72 Å². The Balaban J connectivity index is 2.40. The number of alkyl halides is 1. The highest BCUT2D eigenvalue weighted by Gasteiger charge is 2.27. The van der Waals surface area contributed by atoms with E-state index in [-0.39, 0.29) is 0 Å². The first-order valence-corrected chi connectivity index (χ1v) is 3.97. The molecule has 0 aromatic carbocycles. The molecule has 1 rings (SSSR count). The van der Waals surface area contributed by atoms with Crippen LogP contribution >= 0.6 is 0 Å². The average Bonchev–Trinajstić information content (AvgIpc) is 2.50. The second kappa shape index (κ2) is 2.20. The van der Waals surface area contributed by atoms with E-state index in [2.05, 4.69) is 4.74 Å². The number of sulfonamides is 1. The SMILES string of the molecule is O=S(=O)(CF)NC1CO1. The van der Waals surface area contributed by atoms with Crippen molar-refractivity contribution in [3.63, 3.8) is 0 Å². The van der Waals surface area contributed by atoms with Crippen molar-refractivity contribution in [2.75, 3.05) is 12.6 Å². The fourth-order valence-corrected chi connectivity index (χ4v) is 0.948. The highest BCUT2D eigenvalue weighted by molar-refractivity contribution is 7.89. The topological polar surface area (TPSA) is 58.7 Å². The Morgan fingerprint density at radius 3 is 2.67 bits per heavy atom. The molecule has 0 aliphatic carbocycles. The molecule has 1 atom stereocenters. The lowest BCUT2D eigenvalue weighted by atomic mass is 10.8. The molecule has 6 heteroatoms. The summed E-state index contributed by atoms with van der Waals surface area (Å²) in [6.07, 6.45) is -0.481. The van der Waals surface area contributed by atoms with Crippen LogP contribution < -0.4 is 4.72 Å². The number of nitrogens with one attached hydrogen (secondary N) is 1. The number of hydrogen-bond acceptors (Lipinski definition) is 3. The molecule has 0 spiro atoms. The first-order valence-electron chi connectivity index (χ1n) is 2.31. The highest BCUT2D eigenvalue weighted by Crippen LogP contribution is 2.05. The third-order valence-electron chi connectivity index (χ3n) is 0.788. The maximum Gasteiger partial charge on any atom is 0.243 e. The Hall–Kier alpha value is -0.200. The molecule has 1 aliphatic heterocycles. The standard InChI is InChI=1S/C3H6FNO3S/c4-2-9(6,7)5-3-1-8-3/h3,5H,1-2H2. The minimum absolute atomic E-state index is 0.346. The van der Waals surface area contributed by atoms with Gasteiger partial charge in [0.25, 0.3) is 0 Å². The van der Waals surface area contributed by atoms with Crippen LogP contribution in [0.3, 0.4) is 0 Å². The molecular formula is C3H6FNO3S. The molecule has 0 saturated carbocycles. The lowest BCUT2D eigenvalue weighted by molar-refractivity contribution is 0.394. The molecule has 0 radical (unpaired) electrons. The second-order valence-corrected chi connectivity index (χ2v) is 3.35. The van der Waals surface area contributed by atoms with Gasteiger partial charge < -0.3 is 4.74 Å². The molecule has 9 heavy (non-hydrogen) atoms. The van der Waals surface area contributed by atoms with Gasteiger partial charge in [-0.25, -0.2) is 12.8 Å². The first-order chi connectivity index (χ1) is 4.14.